The molecule has 0 aliphatic heterocycles. The predicted molar refractivity (Wildman–Crippen MR) is 60.6 cm³/mol. The third kappa shape index (κ3) is 2.95. The highest BCUT2D eigenvalue weighted by Gasteiger charge is 2.14. The first kappa shape index (κ1) is 12.5. The van der Waals surface area contributed by atoms with E-state index in [1.54, 1.807) is 0 Å². The molecule has 0 spiro atoms. The first-order valence-electron chi connectivity index (χ1n) is 5.19. The normalized spacial score (nSPS) is 10.3. The Kier molecular flexibility index (Phi) is 4.28. The largest absolute Gasteiger partial charge is 0.494 e. The molecule has 0 amide bonds. The minimum Gasteiger partial charge on any atom is -0.494 e. The molecule has 1 heterocycles. The molecule has 0 unspecified atom stereocenters. The zero-order valence-corrected chi connectivity index (χ0v) is 9.79. The summed E-state index contributed by atoms with van der Waals surface area (Å²) in [5, 5.41) is 0. The van der Waals surface area contributed by atoms with Crippen molar-refractivity contribution in [1.29, 1.82) is 0 Å². The minimum atomic E-state index is -0.533. The molecule has 0 N–H and O–H groups in total. The molecule has 0 aromatic carbocycles. The van der Waals surface area contributed by atoms with Crippen molar-refractivity contribution in [3.8, 4) is 5.88 Å². The van der Waals surface area contributed by atoms with Crippen LogP contribution in [0, 0.1) is 5.82 Å². The van der Waals surface area contributed by atoms with Gasteiger partial charge in [0.25, 0.3) is 5.88 Å². The van der Waals surface area contributed by atoms with E-state index in [2.05, 4.69) is 11.6 Å². The third-order valence-electron chi connectivity index (χ3n) is 1.82. The van der Waals surface area contributed by atoms with Gasteiger partial charge in [-0.1, -0.05) is 6.58 Å². The van der Waals surface area contributed by atoms with Gasteiger partial charge in [0.1, 0.15) is 5.76 Å². The molecule has 0 fully saturated rings. The summed E-state index contributed by atoms with van der Waals surface area (Å²) in [4.78, 5) is 3.83. The second-order valence-corrected chi connectivity index (χ2v) is 3.50. The van der Waals surface area contributed by atoms with E-state index in [4.69, 9.17) is 9.47 Å². The monoisotopic (exact) mass is 225 g/mol. The van der Waals surface area contributed by atoms with Crippen LogP contribution in [-0.4, -0.2) is 17.7 Å². The van der Waals surface area contributed by atoms with E-state index >= 15 is 0 Å². The zero-order chi connectivity index (χ0) is 12.1. The molecular formula is C12H16FNO2. The number of rotatable bonds is 5. The summed E-state index contributed by atoms with van der Waals surface area (Å²) < 4.78 is 24.3. The van der Waals surface area contributed by atoms with Crippen LogP contribution in [0.15, 0.2) is 18.8 Å². The van der Waals surface area contributed by atoms with Gasteiger partial charge in [-0.3, -0.25) is 0 Å². The SMILES string of the molecule is C=C(OCC)c1ccnc(OC(C)C)c1F. The maximum atomic E-state index is 13.9. The Labute approximate surface area is 94.9 Å². The quantitative estimate of drug-likeness (QED) is 0.722. The van der Waals surface area contributed by atoms with Gasteiger partial charge in [0.15, 0.2) is 5.82 Å². The van der Waals surface area contributed by atoms with Gasteiger partial charge in [-0.15, -0.1) is 0 Å². The molecule has 1 rings (SSSR count). The van der Waals surface area contributed by atoms with E-state index in [9.17, 15) is 4.39 Å². The zero-order valence-electron chi connectivity index (χ0n) is 9.79. The molecule has 1 aromatic rings. The number of hydrogen-bond acceptors (Lipinski definition) is 3. The molecule has 0 bridgehead atoms. The number of hydrogen-bond donors (Lipinski definition) is 0. The number of nitrogens with zero attached hydrogens (tertiary/aromatic N) is 1. The van der Waals surface area contributed by atoms with Crippen molar-refractivity contribution in [2.45, 2.75) is 26.9 Å². The Morgan fingerprint density at radius 2 is 2.25 bits per heavy atom. The fraction of sp³-hybridized carbons (Fsp3) is 0.417. The number of pyridine rings is 1. The molecule has 88 valence electrons. The van der Waals surface area contributed by atoms with Crippen LogP contribution in [0.1, 0.15) is 26.3 Å². The van der Waals surface area contributed by atoms with Crippen LogP contribution in [0.4, 0.5) is 4.39 Å². The molecule has 1 aromatic heterocycles. The molecule has 4 heteroatoms. The fourth-order valence-electron chi connectivity index (χ4n) is 1.20. The maximum absolute atomic E-state index is 13.9. The molecule has 0 aliphatic rings. The van der Waals surface area contributed by atoms with E-state index < -0.39 is 5.82 Å². The highest BCUT2D eigenvalue weighted by Crippen LogP contribution is 2.24. The molecule has 3 nitrogen and oxygen atoms in total. The highest BCUT2D eigenvalue weighted by atomic mass is 19.1. The van der Waals surface area contributed by atoms with E-state index in [1.807, 2.05) is 20.8 Å². The van der Waals surface area contributed by atoms with Crippen molar-refractivity contribution >= 4 is 5.76 Å². The number of ether oxygens (including phenoxy) is 2. The Balaban J connectivity index is 2.99. The molecule has 0 aliphatic carbocycles. The van der Waals surface area contributed by atoms with Crippen molar-refractivity contribution in [2.75, 3.05) is 6.61 Å². The molecule has 0 atom stereocenters. The van der Waals surface area contributed by atoms with E-state index in [1.165, 1.54) is 12.3 Å². The highest BCUT2D eigenvalue weighted by molar-refractivity contribution is 5.58. The van der Waals surface area contributed by atoms with Crippen LogP contribution in [0.3, 0.4) is 0 Å². The van der Waals surface area contributed by atoms with Crippen LogP contribution in [0.25, 0.3) is 5.76 Å². The molecule has 16 heavy (non-hydrogen) atoms. The van der Waals surface area contributed by atoms with Gasteiger partial charge in [-0.05, 0) is 26.8 Å². The smallest absolute Gasteiger partial charge is 0.251 e. The third-order valence-corrected chi connectivity index (χ3v) is 1.82. The Bertz CT molecular complexity index is 377. The van der Waals surface area contributed by atoms with Crippen molar-refractivity contribution < 1.29 is 13.9 Å². The standard InChI is InChI=1S/C12H16FNO2/c1-5-15-9(4)10-6-7-14-12(11(10)13)16-8(2)3/h6-8H,4-5H2,1-3H3. The molecular weight excluding hydrogens is 209 g/mol. The second kappa shape index (κ2) is 5.49. The summed E-state index contributed by atoms with van der Waals surface area (Å²) in [6.07, 6.45) is 1.35. The van der Waals surface area contributed by atoms with Crippen LogP contribution < -0.4 is 4.74 Å². The van der Waals surface area contributed by atoms with Crippen LogP contribution in [-0.2, 0) is 4.74 Å². The topological polar surface area (TPSA) is 31.4 Å². The second-order valence-electron chi connectivity index (χ2n) is 3.50. The first-order valence-corrected chi connectivity index (χ1v) is 5.19. The molecule has 0 saturated carbocycles. The van der Waals surface area contributed by atoms with Gasteiger partial charge in [0.2, 0.25) is 0 Å². The predicted octanol–water partition coefficient (Wildman–Crippen LogP) is 3.02. The van der Waals surface area contributed by atoms with E-state index in [0.717, 1.165) is 0 Å². The summed E-state index contributed by atoms with van der Waals surface area (Å²) in [6, 6.07) is 1.51. The Hall–Kier alpha value is -1.58. The lowest BCUT2D eigenvalue weighted by Gasteiger charge is -2.12. The average Bonchev–Trinajstić information content (AvgIpc) is 2.21. The van der Waals surface area contributed by atoms with Crippen molar-refractivity contribution in [2.24, 2.45) is 0 Å². The van der Waals surface area contributed by atoms with E-state index in [-0.39, 0.29) is 23.3 Å². The summed E-state index contributed by atoms with van der Waals surface area (Å²) >= 11 is 0. The number of halogens is 1. The van der Waals surface area contributed by atoms with Crippen LogP contribution in [0.5, 0.6) is 5.88 Å². The summed E-state index contributed by atoms with van der Waals surface area (Å²) in [5.41, 5.74) is 0.285. The van der Waals surface area contributed by atoms with Gasteiger partial charge in [-0.25, -0.2) is 9.37 Å². The van der Waals surface area contributed by atoms with Crippen molar-refractivity contribution in [3.63, 3.8) is 0 Å². The van der Waals surface area contributed by atoms with Gasteiger partial charge in [0, 0.05) is 6.20 Å². The van der Waals surface area contributed by atoms with E-state index in [0.29, 0.717) is 6.61 Å². The van der Waals surface area contributed by atoms with Gasteiger partial charge in [0.05, 0.1) is 18.3 Å². The summed E-state index contributed by atoms with van der Waals surface area (Å²) in [5.74, 6) is -0.265. The first-order chi connectivity index (χ1) is 7.56. The van der Waals surface area contributed by atoms with Gasteiger partial charge in [-0.2, -0.15) is 0 Å². The minimum absolute atomic E-state index is 0.0200. The lowest BCUT2D eigenvalue weighted by molar-refractivity contribution is 0.219. The fourth-order valence-corrected chi connectivity index (χ4v) is 1.20. The average molecular weight is 225 g/mol. The summed E-state index contributed by atoms with van der Waals surface area (Å²) in [6.45, 7) is 9.53. The van der Waals surface area contributed by atoms with Crippen LogP contribution in [0.2, 0.25) is 0 Å². The Morgan fingerprint density at radius 3 is 2.81 bits per heavy atom. The number of aromatic nitrogens is 1. The lowest BCUT2D eigenvalue weighted by atomic mass is 10.2. The van der Waals surface area contributed by atoms with Crippen molar-refractivity contribution in [3.05, 3.63) is 30.2 Å². The van der Waals surface area contributed by atoms with Crippen molar-refractivity contribution in [1.82, 2.24) is 4.98 Å². The van der Waals surface area contributed by atoms with Crippen LogP contribution >= 0.6 is 0 Å². The Morgan fingerprint density at radius 1 is 1.56 bits per heavy atom. The molecule has 0 radical (unpaired) electrons. The lowest BCUT2D eigenvalue weighted by Crippen LogP contribution is -2.09. The summed E-state index contributed by atoms with van der Waals surface area (Å²) in [7, 11) is 0. The van der Waals surface area contributed by atoms with Gasteiger partial charge < -0.3 is 9.47 Å². The molecule has 0 saturated heterocycles. The van der Waals surface area contributed by atoms with Gasteiger partial charge >= 0.3 is 0 Å². The maximum Gasteiger partial charge on any atom is 0.251 e.